The number of para-hydroxylation sites is 3. The smallest absolute Gasteiger partial charge is 0.242 e. The number of amidine groups is 1. The Hall–Kier alpha value is -3.06. The van der Waals surface area contributed by atoms with Crippen LogP contribution in [0.25, 0.3) is 0 Å². The molecule has 30 heavy (non-hydrogen) atoms. The Bertz CT molecular complexity index is 930. The van der Waals surface area contributed by atoms with Gasteiger partial charge in [-0.15, -0.1) is 6.58 Å². The van der Waals surface area contributed by atoms with Crippen LogP contribution in [-0.2, 0) is 9.59 Å². The SMILES string of the molecule is C=CCN1C(=O)[C@@H](CC(=O)Nc2ccccc2OCCC)SC1=Nc1ccccc1. The van der Waals surface area contributed by atoms with Gasteiger partial charge in [0.15, 0.2) is 5.17 Å². The highest BCUT2D eigenvalue weighted by atomic mass is 32.2. The van der Waals surface area contributed by atoms with Crippen molar-refractivity contribution in [3.05, 3.63) is 67.3 Å². The summed E-state index contributed by atoms with van der Waals surface area (Å²) in [6.07, 6.45) is 2.58. The normalized spacial score (nSPS) is 17.2. The number of benzene rings is 2. The van der Waals surface area contributed by atoms with Crippen LogP contribution in [0.15, 0.2) is 72.2 Å². The van der Waals surface area contributed by atoms with E-state index >= 15 is 0 Å². The standard InChI is InChI=1S/C23H25N3O3S/c1-3-14-26-22(28)20(30-23(26)24-17-10-6-5-7-11-17)16-21(27)25-18-12-8-9-13-19(18)29-15-4-2/h3,5-13,20H,1,4,14-16H2,2H3,(H,25,27)/t20-/m1/s1. The van der Waals surface area contributed by atoms with Crippen LogP contribution in [0.3, 0.4) is 0 Å². The predicted octanol–water partition coefficient (Wildman–Crippen LogP) is 4.62. The summed E-state index contributed by atoms with van der Waals surface area (Å²) < 4.78 is 5.69. The zero-order valence-corrected chi connectivity index (χ0v) is 17.7. The van der Waals surface area contributed by atoms with Crippen molar-refractivity contribution in [1.29, 1.82) is 0 Å². The van der Waals surface area contributed by atoms with Gasteiger partial charge >= 0.3 is 0 Å². The van der Waals surface area contributed by atoms with Crippen LogP contribution in [0.2, 0.25) is 0 Å². The molecule has 1 fully saturated rings. The minimum absolute atomic E-state index is 0.0487. The summed E-state index contributed by atoms with van der Waals surface area (Å²) in [5.74, 6) is 0.242. The van der Waals surface area contributed by atoms with Crippen molar-refractivity contribution in [3.8, 4) is 5.75 Å². The lowest BCUT2D eigenvalue weighted by molar-refractivity contribution is -0.127. The van der Waals surface area contributed by atoms with E-state index in [0.717, 1.165) is 12.1 Å². The molecular weight excluding hydrogens is 398 g/mol. The molecule has 1 N–H and O–H groups in total. The number of ether oxygens (including phenoxy) is 1. The van der Waals surface area contributed by atoms with Crippen LogP contribution in [0.5, 0.6) is 5.75 Å². The second kappa shape index (κ2) is 10.6. The second-order valence-electron chi connectivity index (χ2n) is 6.67. The van der Waals surface area contributed by atoms with Gasteiger partial charge in [0.05, 0.1) is 18.0 Å². The second-order valence-corrected chi connectivity index (χ2v) is 7.84. The molecule has 0 radical (unpaired) electrons. The third-order valence-electron chi connectivity index (χ3n) is 4.31. The quantitative estimate of drug-likeness (QED) is 0.598. The third-order valence-corrected chi connectivity index (χ3v) is 5.48. The molecule has 1 aliphatic rings. The molecule has 3 rings (SSSR count). The van der Waals surface area contributed by atoms with Gasteiger partial charge in [0.25, 0.3) is 0 Å². The third kappa shape index (κ3) is 5.51. The van der Waals surface area contributed by atoms with Crippen LogP contribution in [0, 0.1) is 0 Å². The first kappa shape index (κ1) is 21.6. The fourth-order valence-corrected chi connectivity index (χ4v) is 4.08. The van der Waals surface area contributed by atoms with E-state index in [9.17, 15) is 9.59 Å². The van der Waals surface area contributed by atoms with Crippen LogP contribution in [0.4, 0.5) is 11.4 Å². The zero-order valence-electron chi connectivity index (χ0n) is 16.9. The highest BCUT2D eigenvalue weighted by Crippen LogP contribution is 2.32. The first-order chi connectivity index (χ1) is 14.6. The molecule has 0 spiro atoms. The van der Waals surface area contributed by atoms with E-state index in [4.69, 9.17) is 4.74 Å². The molecule has 1 atom stereocenters. The predicted molar refractivity (Wildman–Crippen MR) is 122 cm³/mol. The van der Waals surface area contributed by atoms with Crippen LogP contribution in [0.1, 0.15) is 19.8 Å². The van der Waals surface area contributed by atoms with E-state index in [1.54, 1.807) is 17.0 Å². The van der Waals surface area contributed by atoms with Gasteiger partial charge in [0.2, 0.25) is 11.8 Å². The fraction of sp³-hybridized carbons (Fsp3) is 0.261. The van der Waals surface area contributed by atoms with E-state index < -0.39 is 5.25 Å². The number of hydrogen-bond donors (Lipinski definition) is 1. The lowest BCUT2D eigenvalue weighted by atomic mass is 10.2. The van der Waals surface area contributed by atoms with Crippen molar-refractivity contribution in [2.45, 2.75) is 25.0 Å². The summed E-state index contributed by atoms with van der Waals surface area (Å²) in [5, 5.41) is 2.92. The number of hydrogen-bond acceptors (Lipinski definition) is 5. The van der Waals surface area contributed by atoms with Crippen molar-refractivity contribution in [2.24, 2.45) is 4.99 Å². The highest BCUT2D eigenvalue weighted by molar-refractivity contribution is 8.15. The molecular formula is C23H25N3O3S. The molecule has 0 unspecified atom stereocenters. The number of carbonyl (C=O) groups excluding carboxylic acids is 2. The molecule has 2 aromatic rings. The lowest BCUT2D eigenvalue weighted by Gasteiger charge is -2.14. The summed E-state index contributed by atoms with van der Waals surface area (Å²) in [4.78, 5) is 31.7. The number of nitrogens with one attached hydrogen (secondary N) is 1. The molecule has 0 aliphatic carbocycles. The van der Waals surface area contributed by atoms with E-state index in [2.05, 4.69) is 16.9 Å². The topological polar surface area (TPSA) is 71.0 Å². The first-order valence-electron chi connectivity index (χ1n) is 9.86. The van der Waals surface area contributed by atoms with Gasteiger partial charge in [-0.2, -0.15) is 0 Å². The van der Waals surface area contributed by atoms with E-state index in [1.165, 1.54) is 11.8 Å². The number of thioether (sulfide) groups is 1. The van der Waals surface area contributed by atoms with Gasteiger partial charge in [0.1, 0.15) is 11.0 Å². The average Bonchev–Trinajstić information content (AvgIpc) is 3.03. The van der Waals surface area contributed by atoms with Crippen molar-refractivity contribution >= 4 is 40.1 Å². The average molecular weight is 424 g/mol. The van der Waals surface area contributed by atoms with Crippen molar-refractivity contribution in [2.75, 3.05) is 18.5 Å². The van der Waals surface area contributed by atoms with Crippen LogP contribution >= 0.6 is 11.8 Å². The molecule has 0 saturated carbocycles. The van der Waals surface area contributed by atoms with Gasteiger partial charge in [-0.25, -0.2) is 4.99 Å². The largest absolute Gasteiger partial charge is 0.491 e. The van der Waals surface area contributed by atoms with Crippen LogP contribution in [-0.4, -0.2) is 40.3 Å². The number of nitrogens with zero attached hydrogens (tertiary/aromatic N) is 2. The Balaban J connectivity index is 1.70. The maximum atomic E-state index is 12.9. The van der Waals surface area contributed by atoms with Crippen molar-refractivity contribution < 1.29 is 14.3 Å². The molecule has 0 aromatic heterocycles. The molecule has 6 nitrogen and oxygen atoms in total. The zero-order chi connectivity index (χ0) is 21.3. The number of amides is 2. The fourth-order valence-electron chi connectivity index (χ4n) is 2.91. The summed E-state index contributed by atoms with van der Waals surface area (Å²) in [6.45, 7) is 6.67. The summed E-state index contributed by atoms with van der Waals surface area (Å²) in [6, 6.07) is 16.7. The number of aliphatic imine (C=N–C) groups is 1. The maximum absolute atomic E-state index is 12.9. The van der Waals surface area contributed by atoms with Gasteiger partial charge in [-0.3, -0.25) is 14.5 Å². The molecule has 1 heterocycles. The summed E-state index contributed by atoms with van der Waals surface area (Å²) >= 11 is 1.31. The molecule has 1 aliphatic heterocycles. The molecule has 2 aromatic carbocycles. The van der Waals surface area contributed by atoms with Gasteiger partial charge in [0, 0.05) is 13.0 Å². The maximum Gasteiger partial charge on any atom is 0.242 e. The summed E-state index contributed by atoms with van der Waals surface area (Å²) in [7, 11) is 0. The minimum atomic E-state index is -0.531. The number of rotatable bonds is 9. The van der Waals surface area contributed by atoms with E-state index in [1.807, 2.05) is 55.5 Å². The minimum Gasteiger partial charge on any atom is -0.491 e. The van der Waals surface area contributed by atoms with E-state index in [-0.39, 0.29) is 18.2 Å². The van der Waals surface area contributed by atoms with Gasteiger partial charge < -0.3 is 10.1 Å². The van der Waals surface area contributed by atoms with Crippen molar-refractivity contribution in [1.82, 2.24) is 4.90 Å². The number of anilines is 1. The molecule has 7 heteroatoms. The van der Waals surface area contributed by atoms with Crippen molar-refractivity contribution in [3.63, 3.8) is 0 Å². The first-order valence-corrected chi connectivity index (χ1v) is 10.7. The van der Waals surface area contributed by atoms with Gasteiger partial charge in [-0.05, 0) is 30.7 Å². The Kier molecular flexibility index (Phi) is 7.68. The monoisotopic (exact) mass is 423 g/mol. The molecule has 156 valence electrons. The Morgan fingerprint density at radius 2 is 1.97 bits per heavy atom. The lowest BCUT2D eigenvalue weighted by Crippen LogP contribution is -2.33. The van der Waals surface area contributed by atoms with E-state index in [0.29, 0.717) is 29.8 Å². The molecule has 1 saturated heterocycles. The Morgan fingerprint density at radius 1 is 1.23 bits per heavy atom. The molecule has 0 bridgehead atoms. The summed E-state index contributed by atoms with van der Waals surface area (Å²) in [5.41, 5.74) is 1.36. The van der Waals surface area contributed by atoms with Gasteiger partial charge in [-0.1, -0.05) is 55.1 Å². The van der Waals surface area contributed by atoms with Crippen LogP contribution < -0.4 is 10.1 Å². The Labute approximate surface area is 181 Å². The molecule has 2 amide bonds. The number of carbonyl (C=O) groups is 2. The highest BCUT2D eigenvalue weighted by Gasteiger charge is 2.38. The Morgan fingerprint density at radius 3 is 2.70 bits per heavy atom.